The fraction of sp³-hybridized carbons (Fsp3) is 0.880. The first-order valence-electron chi connectivity index (χ1n) is 14.2. The normalized spacial score (nSPS) is 41.4. The first kappa shape index (κ1) is 38.3. The molecule has 0 aromatic rings. The Balaban J connectivity index is 1.81. The van der Waals surface area contributed by atoms with Gasteiger partial charge in [-0.3, -0.25) is 9.59 Å². The topological polar surface area (TPSA) is 344 Å². The summed E-state index contributed by atoms with van der Waals surface area (Å²) in [4.78, 5) is 35.6. The summed E-state index contributed by atoms with van der Waals surface area (Å²) in [5.74, 6) is -7.13. The maximum absolute atomic E-state index is 12.4. The number of aliphatic hydroxyl groups excluding tert-OH is 9. The lowest BCUT2D eigenvalue weighted by Gasteiger charge is -2.47. The van der Waals surface area contributed by atoms with Gasteiger partial charge in [0.25, 0.3) is 5.79 Å². The molecule has 46 heavy (non-hydrogen) atoms. The molecule has 3 rings (SSSR count). The van der Waals surface area contributed by atoms with E-state index in [9.17, 15) is 70.6 Å². The number of rotatable bonds is 12. The average Bonchev–Trinajstić information content (AvgIpc) is 2.99. The van der Waals surface area contributed by atoms with Crippen LogP contribution < -0.4 is 10.6 Å². The van der Waals surface area contributed by atoms with Crippen molar-refractivity contribution in [3.8, 4) is 0 Å². The molecule has 13 N–H and O–H groups in total. The maximum atomic E-state index is 12.4. The molecule has 3 heterocycles. The number of aliphatic carboxylic acids is 1. The zero-order chi connectivity index (χ0) is 34.7. The van der Waals surface area contributed by atoms with E-state index >= 15 is 0 Å². The Kier molecular flexibility index (Phi) is 13.1. The van der Waals surface area contributed by atoms with Crippen molar-refractivity contribution in [3.05, 3.63) is 0 Å². The van der Waals surface area contributed by atoms with E-state index in [4.69, 9.17) is 23.7 Å². The Morgan fingerprint density at radius 3 is 2.07 bits per heavy atom. The summed E-state index contributed by atoms with van der Waals surface area (Å²) < 4.78 is 27.2. The van der Waals surface area contributed by atoms with Crippen LogP contribution in [0, 0.1) is 5.92 Å². The summed E-state index contributed by atoms with van der Waals surface area (Å²) in [7, 11) is 0. The van der Waals surface area contributed by atoms with Gasteiger partial charge in [-0.05, 0) is 0 Å². The monoisotopic (exact) mass is 674 g/mol. The minimum Gasteiger partial charge on any atom is -0.477 e. The lowest BCUT2D eigenvalue weighted by Crippen LogP contribution is -2.67. The third-order valence-corrected chi connectivity index (χ3v) is 8.01. The number of carboxylic acids is 1. The van der Waals surface area contributed by atoms with E-state index in [1.165, 1.54) is 0 Å². The molecule has 3 aliphatic heterocycles. The van der Waals surface area contributed by atoms with Crippen molar-refractivity contribution >= 4 is 17.8 Å². The van der Waals surface area contributed by atoms with Gasteiger partial charge in [0.1, 0.15) is 54.9 Å². The highest BCUT2D eigenvalue weighted by molar-refractivity contribution is 5.76. The van der Waals surface area contributed by atoms with Crippen molar-refractivity contribution in [2.75, 3.05) is 19.8 Å². The molecular weight excluding hydrogens is 632 g/mol. The Labute approximate surface area is 260 Å². The Morgan fingerprint density at radius 2 is 1.52 bits per heavy atom. The van der Waals surface area contributed by atoms with Gasteiger partial charge in [0.2, 0.25) is 11.8 Å². The van der Waals surface area contributed by atoms with E-state index in [1.54, 1.807) is 0 Å². The molecule has 0 bridgehead atoms. The minimum absolute atomic E-state index is 0.619. The van der Waals surface area contributed by atoms with Crippen molar-refractivity contribution in [1.82, 2.24) is 10.6 Å². The molecule has 0 aliphatic carbocycles. The number of aliphatic hydroxyl groups is 10. The van der Waals surface area contributed by atoms with Crippen LogP contribution in [0.4, 0.5) is 0 Å². The average molecular weight is 675 g/mol. The first-order valence-corrected chi connectivity index (χ1v) is 14.2. The van der Waals surface area contributed by atoms with Crippen LogP contribution in [0.3, 0.4) is 0 Å². The molecular formula is C25H42N2O19. The second-order valence-corrected chi connectivity index (χ2v) is 11.3. The van der Waals surface area contributed by atoms with Gasteiger partial charge in [0, 0.05) is 26.2 Å². The van der Waals surface area contributed by atoms with E-state index in [1.807, 2.05) is 0 Å². The Bertz CT molecular complexity index is 1050. The molecule has 15 atom stereocenters. The molecule has 3 saturated heterocycles. The largest absolute Gasteiger partial charge is 0.477 e. The lowest BCUT2D eigenvalue weighted by atomic mass is 9.82. The fourth-order valence-electron chi connectivity index (χ4n) is 5.55. The number of hydrogen-bond donors (Lipinski definition) is 13. The standard InChI is InChI=1S/C25H42N2O19/c1-7(29)26-10-5-42-25(24(40)41,3-9(10)14(31)18(35)21(37)38)43-6-12-15(32)17(34)19(36)23(45-12)46-20-11(4-28)44-22(39)13(16(20)33)27-8(2)30/h9-23,28,31-39H,3-6H2,1-2H3,(H,26,29)(H,27,30)(H,40,41)/t9-,10-,11+,12+,13+,14+,15-,16+,17-,18+,19+,20+,22?,23-,25-/m0/s1. The highest BCUT2D eigenvalue weighted by Gasteiger charge is 2.55. The van der Waals surface area contributed by atoms with Gasteiger partial charge in [0.05, 0.1) is 32.0 Å². The van der Waals surface area contributed by atoms with Crippen LogP contribution in [0.25, 0.3) is 0 Å². The molecule has 0 spiro atoms. The molecule has 0 saturated carbocycles. The molecule has 21 nitrogen and oxygen atoms in total. The zero-order valence-electron chi connectivity index (χ0n) is 24.7. The molecule has 1 unspecified atom stereocenters. The lowest BCUT2D eigenvalue weighted by molar-refractivity contribution is -0.354. The van der Waals surface area contributed by atoms with Gasteiger partial charge >= 0.3 is 5.97 Å². The summed E-state index contributed by atoms with van der Waals surface area (Å²) in [6.45, 7) is -0.161. The smallest absolute Gasteiger partial charge is 0.364 e. The van der Waals surface area contributed by atoms with Gasteiger partial charge in [-0.2, -0.15) is 0 Å². The quantitative estimate of drug-likeness (QED) is 0.0854. The predicted octanol–water partition coefficient (Wildman–Crippen LogP) is -7.87. The number of nitrogens with one attached hydrogen (secondary N) is 2. The van der Waals surface area contributed by atoms with Crippen molar-refractivity contribution in [1.29, 1.82) is 0 Å². The van der Waals surface area contributed by atoms with Crippen LogP contribution >= 0.6 is 0 Å². The van der Waals surface area contributed by atoms with Gasteiger partial charge < -0.3 is 90.5 Å². The second-order valence-electron chi connectivity index (χ2n) is 11.3. The molecule has 0 radical (unpaired) electrons. The van der Waals surface area contributed by atoms with E-state index in [-0.39, 0.29) is 0 Å². The minimum atomic E-state index is -2.65. The Hall–Kier alpha value is -2.19. The van der Waals surface area contributed by atoms with Crippen LogP contribution in [0.2, 0.25) is 0 Å². The van der Waals surface area contributed by atoms with Crippen molar-refractivity contribution < 1.29 is 94.2 Å². The molecule has 0 aromatic carbocycles. The van der Waals surface area contributed by atoms with Crippen LogP contribution in [0.1, 0.15) is 20.3 Å². The maximum Gasteiger partial charge on any atom is 0.364 e. The van der Waals surface area contributed by atoms with Crippen molar-refractivity contribution in [3.63, 3.8) is 0 Å². The van der Waals surface area contributed by atoms with Crippen LogP contribution in [-0.4, -0.2) is 185 Å². The Morgan fingerprint density at radius 1 is 0.891 bits per heavy atom. The number of carboxylic acid groups (broad SMARTS) is 1. The predicted molar refractivity (Wildman–Crippen MR) is 141 cm³/mol. The third kappa shape index (κ3) is 8.44. The zero-order valence-corrected chi connectivity index (χ0v) is 24.7. The molecule has 0 aromatic heterocycles. The molecule has 21 heteroatoms. The molecule has 266 valence electrons. The summed E-state index contributed by atoms with van der Waals surface area (Å²) in [5, 5.41) is 116. The van der Waals surface area contributed by atoms with Crippen molar-refractivity contribution in [2.24, 2.45) is 5.92 Å². The number of hydrogen-bond acceptors (Lipinski definition) is 18. The summed E-state index contributed by atoms with van der Waals surface area (Å²) >= 11 is 0. The highest BCUT2D eigenvalue weighted by atomic mass is 16.7. The molecule has 2 amide bonds. The van der Waals surface area contributed by atoms with E-state index in [2.05, 4.69) is 10.6 Å². The van der Waals surface area contributed by atoms with Gasteiger partial charge in [-0.15, -0.1) is 0 Å². The first-order chi connectivity index (χ1) is 21.4. The van der Waals surface area contributed by atoms with Crippen LogP contribution in [0.5, 0.6) is 0 Å². The number of ether oxygens (including phenoxy) is 5. The highest BCUT2D eigenvalue weighted by Crippen LogP contribution is 2.36. The molecule has 3 aliphatic rings. The number of amides is 2. The van der Waals surface area contributed by atoms with Gasteiger partial charge in [-0.25, -0.2) is 4.79 Å². The van der Waals surface area contributed by atoms with Gasteiger partial charge in [0.15, 0.2) is 18.9 Å². The summed E-state index contributed by atoms with van der Waals surface area (Å²) in [6.07, 6.45) is -23.6. The SMILES string of the molecule is CC(=O)N[C@H]1CO[C@@](OC[C@H]2O[C@@H](O[C@H]3[C@H](O)[C@@H](NC(C)=O)C(O)O[C@@H]3CO)[C@H](O)[C@@H](O)[C@H]2O)(C(=O)O)C[C@@H]1[C@@H](O)[C@@H](O)C(O)O. The second kappa shape index (κ2) is 15.8. The van der Waals surface area contributed by atoms with Gasteiger partial charge in [-0.1, -0.05) is 0 Å². The fourth-order valence-corrected chi connectivity index (χ4v) is 5.55. The van der Waals surface area contributed by atoms with Crippen LogP contribution in [0.15, 0.2) is 0 Å². The van der Waals surface area contributed by atoms with E-state index in [0.29, 0.717) is 0 Å². The van der Waals surface area contributed by atoms with E-state index in [0.717, 1.165) is 13.8 Å². The molecule has 3 fully saturated rings. The van der Waals surface area contributed by atoms with Crippen molar-refractivity contribution in [2.45, 2.75) is 112 Å². The number of carbonyl (C=O) groups is 3. The van der Waals surface area contributed by atoms with E-state index < -0.39 is 142 Å². The number of carbonyl (C=O) groups excluding carboxylic acids is 2. The van der Waals surface area contributed by atoms with Crippen LogP contribution in [-0.2, 0) is 38.1 Å². The summed E-state index contributed by atoms with van der Waals surface area (Å²) in [6, 6.07) is -2.60. The summed E-state index contributed by atoms with van der Waals surface area (Å²) in [5.41, 5.74) is 0. The third-order valence-electron chi connectivity index (χ3n) is 8.01.